The van der Waals surface area contributed by atoms with E-state index in [9.17, 15) is 13.6 Å². The molecular formula is C23H26F2N4O. The molecule has 4 rings (SSSR count). The van der Waals surface area contributed by atoms with Gasteiger partial charge in [0.1, 0.15) is 0 Å². The van der Waals surface area contributed by atoms with Crippen LogP contribution in [-0.2, 0) is 13.1 Å². The maximum absolute atomic E-state index is 12.8. The summed E-state index contributed by atoms with van der Waals surface area (Å²) in [5.74, 6) is 0.186. The summed E-state index contributed by atoms with van der Waals surface area (Å²) in [5.41, 5.74) is 3.54. The zero-order chi connectivity index (χ0) is 21.1. The van der Waals surface area contributed by atoms with Crippen LogP contribution in [-0.4, -0.2) is 33.9 Å². The third-order valence-corrected chi connectivity index (χ3v) is 5.73. The van der Waals surface area contributed by atoms with E-state index in [2.05, 4.69) is 39.2 Å². The van der Waals surface area contributed by atoms with Crippen LogP contribution < -0.4 is 5.32 Å². The number of imidazole rings is 1. The molecule has 1 aliphatic rings. The highest BCUT2D eigenvalue weighted by Crippen LogP contribution is 2.21. The molecule has 0 spiro atoms. The molecule has 0 radical (unpaired) electrons. The number of halogens is 2. The molecule has 2 aromatic carbocycles. The van der Waals surface area contributed by atoms with Crippen LogP contribution in [0.5, 0.6) is 0 Å². The summed E-state index contributed by atoms with van der Waals surface area (Å²) in [7, 11) is 0. The van der Waals surface area contributed by atoms with Crippen molar-refractivity contribution in [3.8, 4) is 0 Å². The first-order valence-electron chi connectivity index (χ1n) is 10.3. The molecule has 1 aliphatic heterocycles. The van der Waals surface area contributed by atoms with Crippen LogP contribution in [0.1, 0.15) is 53.5 Å². The molecule has 1 aromatic heterocycles. The van der Waals surface area contributed by atoms with Crippen LogP contribution in [0.25, 0.3) is 11.0 Å². The Kier molecular flexibility index (Phi) is 6.08. The second kappa shape index (κ2) is 8.92. The Balaban J connectivity index is 1.32. The van der Waals surface area contributed by atoms with Gasteiger partial charge in [-0.25, -0.2) is 13.8 Å². The highest BCUT2D eigenvalue weighted by Gasteiger charge is 2.16. The van der Waals surface area contributed by atoms with E-state index in [1.54, 1.807) is 18.2 Å². The predicted molar refractivity (Wildman–Crippen MR) is 112 cm³/mol. The lowest BCUT2D eigenvalue weighted by Crippen LogP contribution is -2.32. The van der Waals surface area contributed by atoms with Gasteiger partial charge in [0.2, 0.25) is 0 Å². The zero-order valence-corrected chi connectivity index (χ0v) is 17.0. The Hall–Kier alpha value is -2.80. The third-order valence-electron chi connectivity index (χ3n) is 5.73. The average Bonchev–Trinajstić information content (AvgIpc) is 3.18. The second-order valence-corrected chi connectivity index (χ2v) is 8.11. The van der Waals surface area contributed by atoms with Gasteiger partial charge in [0, 0.05) is 18.7 Å². The molecule has 7 heteroatoms. The van der Waals surface area contributed by atoms with Gasteiger partial charge in [-0.1, -0.05) is 31.2 Å². The van der Waals surface area contributed by atoms with E-state index in [0.29, 0.717) is 23.1 Å². The number of nitrogens with zero attached hydrogens (tertiary/aromatic N) is 2. The number of carbonyl (C=O) groups is 1. The molecule has 30 heavy (non-hydrogen) atoms. The number of hydrogen-bond donors (Lipinski definition) is 2. The third kappa shape index (κ3) is 4.84. The van der Waals surface area contributed by atoms with Crippen molar-refractivity contribution >= 4 is 16.9 Å². The molecule has 0 unspecified atom stereocenters. The lowest BCUT2D eigenvalue weighted by atomic mass is 9.99. The van der Waals surface area contributed by atoms with Crippen molar-refractivity contribution in [2.24, 2.45) is 5.92 Å². The number of carbonyl (C=O) groups excluding carboxylic acids is 1. The van der Waals surface area contributed by atoms with Crippen molar-refractivity contribution in [1.29, 1.82) is 0 Å². The first-order chi connectivity index (χ1) is 14.5. The summed E-state index contributed by atoms with van der Waals surface area (Å²) >= 11 is 0. The summed E-state index contributed by atoms with van der Waals surface area (Å²) in [5, 5.41) is 2.88. The number of H-pyrrole nitrogens is 1. The normalized spacial score (nSPS) is 15.7. The SMILES string of the molecule is CC1CCN(Cc2ccc(CNC(=O)c3ccc4nc(C(F)F)[nH]c4c3)cc2)CC1. The first kappa shape index (κ1) is 20.5. The number of likely N-dealkylation sites (tertiary alicyclic amines) is 1. The number of fused-ring (bicyclic) bond motifs is 1. The molecule has 1 amide bonds. The van der Waals surface area contributed by atoms with Gasteiger partial charge in [-0.2, -0.15) is 0 Å². The molecule has 158 valence electrons. The Labute approximate surface area is 174 Å². The van der Waals surface area contributed by atoms with Crippen molar-refractivity contribution < 1.29 is 13.6 Å². The maximum atomic E-state index is 12.8. The van der Waals surface area contributed by atoms with Crippen molar-refractivity contribution in [3.05, 3.63) is 65.0 Å². The number of aromatic nitrogens is 2. The average molecular weight is 412 g/mol. The van der Waals surface area contributed by atoms with E-state index in [4.69, 9.17) is 0 Å². The minimum Gasteiger partial charge on any atom is -0.348 e. The molecule has 2 N–H and O–H groups in total. The van der Waals surface area contributed by atoms with Crippen LogP contribution in [0.15, 0.2) is 42.5 Å². The Morgan fingerprint density at radius 3 is 2.57 bits per heavy atom. The van der Waals surface area contributed by atoms with Crippen molar-refractivity contribution in [2.75, 3.05) is 13.1 Å². The lowest BCUT2D eigenvalue weighted by Gasteiger charge is -2.30. The molecule has 3 aromatic rings. The topological polar surface area (TPSA) is 61.0 Å². The molecular weight excluding hydrogens is 386 g/mol. The number of benzene rings is 2. The first-order valence-corrected chi connectivity index (χ1v) is 10.3. The smallest absolute Gasteiger partial charge is 0.295 e. The monoisotopic (exact) mass is 412 g/mol. The number of aromatic amines is 1. The van der Waals surface area contributed by atoms with Crippen molar-refractivity contribution in [3.63, 3.8) is 0 Å². The van der Waals surface area contributed by atoms with E-state index in [0.717, 1.165) is 31.1 Å². The Morgan fingerprint density at radius 1 is 1.17 bits per heavy atom. The summed E-state index contributed by atoms with van der Waals surface area (Å²) < 4.78 is 25.5. The fraction of sp³-hybridized carbons (Fsp3) is 0.391. The highest BCUT2D eigenvalue weighted by molar-refractivity contribution is 5.97. The van der Waals surface area contributed by atoms with Crippen LogP contribution in [0.2, 0.25) is 0 Å². The van der Waals surface area contributed by atoms with E-state index in [1.807, 2.05) is 12.1 Å². The van der Waals surface area contributed by atoms with Gasteiger partial charge in [-0.05, 0) is 61.2 Å². The predicted octanol–water partition coefficient (Wildman–Crippen LogP) is 4.66. The van der Waals surface area contributed by atoms with Gasteiger partial charge in [-0.15, -0.1) is 0 Å². The number of piperidine rings is 1. The van der Waals surface area contributed by atoms with Crippen LogP contribution in [0.4, 0.5) is 8.78 Å². The molecule has 2 heterocycles. The van der Waals surface area contributed by atoms with Gasteiger partial charge >= 0.3 is 0 Å². The number of rotatable bonds is 6. The Morgan fingerprint density at radius 2 is 1.87 bits per heavy atom. The molecule has 1 fully saturated rings. The Bertz CT molecular complexity index is 1010. The highest BCUT2D eigenvalue weighted by atomic mass is 19.3. The molecule has 0 aliphatic carbocycles. The maximum Gasteiger partial charge on any atom is 0.295 e. The minimum absolute atomic E-state index is 0.253. The van der Waals surface area contributed by atoms with Gasteiger partial charge < -0.3 is 10.3 Å². The standard InChI is InChI=1S/C23H26F2N4O/c1-15-8-10-29(11-9-15)14-17-4-2-16(3-5-17)13-26-23(30)18-6-7-19-20(12-18)28-22(27-19)21(24)25/h2-7,12,15,21H,8-11,13-14H2,1H3,(H,26,30)(H,27,28). The summed E-state index contributed by atoms with van der Waals surface area (Å²) in [4.78, 5) is 21.3. The number of hydrogen-bond acceptors (Lipinski definition) is 3. The molecule has 0 bridgehead atoms. The minimum atomic E-state index is -2.67. The van der Waals surface area contributed by atoms with Crippen LogP contribution in [0.3, 0.4) is 0 Å². The fourth-order valence-corrected chi connectivity index (χ4v) is 3.80. The molecule has 0 atom stereocenters. The fourth-order valence-electron chi connectivity index (χ4n) is 3.80. The van der Waals surface area contributed by atoms with E-state index >= 15 is 0 Å². The van der Waals surface area contributed by atoms with E-state index in [1.165, 1.54) is 18.4 Å². The van der Waals surface area contributed by atoms with E-state index in [-0.39, 0.29) is 11.7 Å². The number of amides is 1. The molecule has 5 nitrogen and oxygen atoms in total. The van der Waals surface area contributed by atoms with Crippen LogP contribution >= 0.6 is 0 Å². The largest absolute Gasteiger partial charge is 0.348 e. The number of nitrogens with one attached hydrogen (secondary N) is 2. The van der Waals surface area contributed by atoms with Gasteiger partial charge in [0.25, 0.3) is 12.3 Å². The zero-order valence-electron chi connectivity index (χ0n) is 17.0. The summed E-state index contributed by atoms with van der Waals surface area (Å²) in [6.07, 6.45) is -0.147. The molecule has 1 saturated heterocycles. The van der Waals surface area contributed by atoms with Crippen molar-refractivity contribution in [2.45, 2.75) is 39.3 Å². The quantitative estimate of drug-likeness (QED) is 0.619. The molecule has 0 saturated carbocycles. The van der Waals surface area contributed by atoms with Gasteiger partial charge in [0.05, 0.1) is 11.0 Å². The summed E-state index contributed by atoms with van der Waals surface area (Å²) in [6.45, 7) is 5.98. The van der Waals surface area contributed by atoms with Gasteiger partial charge in [0.15, 0.2) is 5.82 Å². The summed E-state index contributed by atoms with van der Waals surface area (Å²) in [6, 6.07) is 13.0. The number of alkyl halides is 2. The lowest BCUT2D eigenvalue weighted by molar-refractivity contribution is 0.0951. The van der Waals surface area contributed by atoms with Gasteiger partial charge in [-0.3, -0.25) is 9.69 Å². The van der Waals surface area contributed by atoms with E-state index < -0.39 is 6.43 Å². The van der Waals surface area contributed by atoms with Crippen molar-refractivity contribution in [1.82, 2.24) is 20.2 Å². The second-order valence-electron chi connectivity index (χ2n) is 8.11. The van der Waals surface area contributed by atoms with Crippen LogP contribution in [0, 0.1) is 5.92 Å².